The van der Waals surface area contributed by atoms with Crippen LogP contribution in [0, 0.1) is 0 Å². The van der Waals surface area contributed by atoms with Crippen LogP contribution in [0.2, 0.25) is 0 Å². The molecule has 0 fully saturated rings. The summed E-state index contributed by atoms with van der Waals surface area (Å²) in [6.45, 7) is 1.92. The summed E-state index contributed by atoms with van der Waals surface area (Å²) in [6.07, 6.45) is 0.386. The molecule has 7 heteroatoms. The second-order valence-corrected chi connectivity index (χ2v) is 7.09. The fraction of sp³-hybridized carbons (Fsp3) is 0.211. The summed E-state index contributed by atoms with van der Waals surface area (Å²) in [7, 11) is 0. The molecule has 0 saturated heterocycles. The van der Waals surface area contributed by atoms with E-state index in [2.05, 4.69) is 15.6 Å². The normalized spacial score (nSPS) is 14.1. The fourth-order valence-electron chi connectivity index (χ4n) is 2.93. The van der Waals surface area contributed by atoms with Gasteiger partial charge < -0.3 is 15.1 Å². The molecule has 0 aliphatic carbocycles. The van der Waals surface area contributed by atoms with Gasteiger partial charge in [0, 0.05) is 5.69 Å². The Morgan fingerprint density at radius 1 is 1.35 bits per heavy atom. The molecule has 0 bridgehead atoms. The van der Waals surface area contributed by atoms with E-state index in [0.717, 1.165) is 22.3 Å². The zero-order valence-corrected chi connectivity index (χ0v) is 14.9. The predicted molar refractivity (Wildman–Crippen MR) is 100 cm³/mol. The van der Waals surface area contributed by atoms with Gasteiger partial charge in [-0.1, -0.05) is 36.0 Å². The lowest BCUT2D eigenvalue weighted by atomic mass is 10.0. The molecule has 0 saturated carbocycles. The van der Waals surface area contributed by atoms with Crippen LogP contribution in [-0.4, -0.2) is 22.6 Å². The van der Waals surface area contributed by atoms with Crippen LogP contribution in [-0.2, 0) is 16.0 Å². The van der Waals surface area contributed by atoms with Crippen LogP contribution >= 0.6 is 11.8 Å². The van der Waals surface area contributed by atoms with E-state index in [1.165, 1.54) is 11.8 Å². The Morgan fingerprint density at radius 3 is 3.04 bits per heavy atom. The average molecular weight is 367 g/mol. The van der Waals surface area contributed by atoms with Crippen LogP contribution in [0.4, 0.5) is 5.69 Å². The summed E-state index contributed by atoms with van der Waals surface area (Å²) in [5.74, 6) is 0.130. The third-order valence-corrected chi connectivity index (χ3v) is 5.06. The van der Waals surface area contributed by atoms with Gasteiger partial charge >= 0.3 is 0 Å². The Labute approximate surface area is 154 Å². The van der Waals surface area contributed by atoms with Crippen molar-refractivity contribution in [3.05, 3.63) is 53.6 Å². The van der Waals surface area contributed by atoms with E-state index < -0.39 is 0 Å². The second kappa shape index (κ2) is 6.84. The molecule has 2 N–H and O–H groups in total. The number of carbonyl (C=O) groups excluding carboxylic acids is 2. The number of hydrogen-bond donors (Lipinski definition) is 2. The van der Waals surface area contributed by atoms with E-state index in [9.17, 15) is 9.59 Å². The first-order valence-electron chi connectivity index (χ1n) is 8.29. The third-order valence-electron chi connectivity index (χ3n) is 4.23. The first-order chi connectivity index (χ1) is 12.6. The molecule has 132 valence electrons. The van der Waals surface area contributed by atoms with Crippen LogP contribution in [0.3, 0.4) is 0 Å². The van der Waals surface area contributed by atoms with Crippen LogP contribution < -0.4 is 10.6 Å². The zero-order chi connectivity index (χ0) is 18.1. The second-order valence-electron chi connectivity index (χ2n) is 6.17. The van der Waals surface area contributed by atoms with Crippen molar-refractivity contribution in [1.29, 1.82) is 0 Å². The summed E-state index contributed by atoms with van der Waals surface area (Å²) in [5, 5.41) is 6.26. The molecule has 1 aliphatic rings. The van der Waals surface area contributed by atoms with Gasteiger partial charge in [-0.15, -0.1) is 0 Å². The molecule has 0 spiro atoms. The molecule has 2 heterocycles. The Balaban J connectivity index is 1.35. The van der Waals surface area contributed by atoms with Crippen molar-refractivity contribution in [3.8, 4) is 0 Å². The first kappa shape index (κ1) is 16.7. The number of para-hydroxylation sites is 2. The van der Waals surface area contributed by atoms with E-state index in [-0.39, 0.29) is 23.6 Å². The lowest BCUT2D eigenvalue weighted by Gasteiger charge is -2.15. The number of aromatic nitrogens is 1. The smallest absolute Gasteiger partial charge is 0.257 e. The first-order valence-corrected chi connectivity index (χ1v) is 9.27. The fourth-order valence-corrected chi connectivity index (χ4v) is 3.57. The van der Waals surface area contributed by atoms with Crippen molar-refractivity contribution < 1.29 is 14.0 Å². The maximum Gasteiger partial charge on any atom is 0.257 e. The minimum absolute atomic E-state index is 0.00331. The Hall–Kier alpha value is -2.80. The predicted octanol–water partition coefficient (Wildman–Crippen LogP) is 3.29. The van der Waals surface area contributed by atoms with Gasteiger partial charge in [-0.05, 0) is 36.2 Å². The largest absolute Gasteiger partial charge is 0.431 e. The topological polar surface area (TPSA) is 84.2 Å². The molecule has 0 radical (unpaired) electrons. The molecular weight excluding hydrogens is 350 g/mol. The highest BCUT2D eigenvalue weighted by atomic mass is 32.2. The minimum Gasteiger partial charge on any atom is -0.431 e. The number of amides is 2. The number of oxazole rings is 1. The maximum atomic E-state index is 12.2. The van der Waals surface area contributed by atoms with Crippen molar-refractivity contribution in [2.24, 2.45) is 0 Å². The Kier molecular flexibility index (Phi) is 4.38. The average Bonchev–Trinajstić information content (AvgIpc) is 3.20. The van der Waals surface area contributed by atoms with Gasteiger partial charge in [-0.25, -0.2) is 4.98 Å². The molecule has 6 nitrogen and oxygen atoms in total. The highest BCUT2D eigenvalue weighted by molar-refractivity contribution is 7.99. The third kappa shape index (κ3) is 3.43. The van der Waals surface area contributed by atoms with Crippen LogP contribution in [0.1, 0.15) is 24.1 Å². The van der Waals surface area contributed by atoms with E-state index >= 15 is 0 Å². The monoisotopic (exact) mass is 367 g/mol. The molecule has 1 unspecified atom stereocenters. The number of thioether (sulfide) groups is 1. The molecule has 1 aliphatic heterocycles. The van der Waals surface area contributed by atoms with Gasteiger partial charge in [0.15, 0.2) is 5.58 Å². The quantitative estimate of drug-likeness (QED) is 0.676. The van der Waals surface area contributed by atoms with Crippen molar-refractivity contribution in [1.82, 2.24) is 10.3 Å². The van der Waals surface area contributed by atoms with Crippen molar-refractivity contribution in [3.63, 3.8) is 0 Å². The van der Waals surface area contributed by atoms with Crippen molar-refractivity contribution in [2.45, 2.75) is 24.6 Å². The minimum atomic E-state index is -0.146. The lowest BCUT2D eigenvalue weighted by molar-refractivity contribution is -0.119. The standard InChI is InChI=1S/C19H17N3O3S/c1-11(12-6-7-14-13(8-12)9-17(23)21-14)20-18(24)10-26-19-22-15-4-2-3-5-16(15)25-19/h2-8,11H,9-10H2,1H3,(H,20,24)(H,21,23). The highest BCUT2D eigenvalue weighted by Gasteiger charge is 2.19. The van der Waals surface area contributed by atoms with Crippen molar-refractivity contribution in [2.75, 3.05) is 11.1 Å². The summed E-state index contributed by atoms with van der Waals surface area (Å²) in [5.41, 5.74) is 4.29. The van der Waals surface area contributed by atoms with Crippen LogP contribution in [0.15, 0.2) is 52.1 Å². The Bertz CT molecular complexity index is 966. The molecule has 1 atom stereocenters. The van der Waals surface area contributed by atoms with Gasteiger partial charge in [0.05, 0.1) is 18.2 Å². The summed E-state index contributed by atoms with van der Waals surface area (Å²) in [6, 6.07) is 13.1. The maximum absolute atomic E-state index is 12.2. The molecule has 2 amide bonds. The molecule has 1 aromatic heterocycles. The van der Waals surface area contributed by atoms with Gasteiger partial charge in [-0.2, -0.15) is 0 Å². The summed E-state index contributed by atoms with van der Waals surface area (Å²) < 4.78 is 5.60. The summed E-state index contributed by atoms with van der Waals surface area (Å²) in [4.78, 5) is 28.0. The zero-order valence-electron chi connectivity index (χ0n) is 14.1. The van der Waals surface area contributed by atoms with Crippen molar-refractivity contribution >= 4 is 40.4 Å². The van der Waals surface area contributed by atoms with Gasteiger partial charge in [-0.3, -0.25) is 9.59 Å². The van der Waals surface area contributed by atoms with E-state index in [0.29, 0.717) is 17.2 Å². The van der Waals surface area contributed by atoms with E-state index in [1.54, 1.807) is 0 Å². The van der Waals surface area contributed by atoms with Crippen LogP contribution in [0.5, 0.6) is 0 Å². The number of nitrogens with zero attached hydrogens (tertiary/aromatic N) is 1. The molecule has 3 aromatic rings. The molecule has 4 rings (SSSR count). The van der Waals surface area contributed by atoms with E-state index in [1.807, 2.05) is 49.4 Å². The van der Waals surface area contributed by atoms with E-state index in [4.69, 9.17) is 4.42 Å². The molecule has 26 heavy (non-hydrogen) atoms. The summed E-state index contributed by atoms with van der Waals surface area (Å²) >= 11 is 1.27. The number of anilines is 1. The molecule has 2 aromatic carbocycles. The number of fused-ring (bicyclic) bond motifs is 2. The number of nitrogens with one attached hydrogen (secondary N) is 2. The SMILES string of the molecule is CC(NC(=O)CSc1nc2ccccc2o1)c1ccc2c(c1)CC(=O)N2. The molecular formula is C19H17N3O3S. The highest BCUT2D eigenvalue weighted by Crippen LogP contribution is 2.27. The van der Waals surface area contributed by atoms with Gasteiger partial charge in [0.25, 0.3) is 5.22 Å². The number of carbonyl (C=O) groups is 2. The number of benzene rings is 2. The Morgan fingerprint density at radius 2 is 2.19 bits per heavy atom. The van der Waals surface area contributed by atoms with Gasteiger partial charge in [0.1, 0.15) is 5.52 Å². The lowest BCUT2D eigenvalue weighted by Crippen LogP contribution is -2.28. The van der Waals surface area contributed by atoms with Crippen LogP contribution in [0.25, 0.3) is 11.1 Å². The number of rotatable bonds is 5. The van der Waals surface area contributed by atoms with Gasteiger partial charge in [0.2, 0.25) is 11.8 Å². The number of hydrogen-bond acceptors (Lipinski definition) is 5.